The molecule has 0 spiro atoms. The zero-order valence-electron chi connectivity index (χ0n) is 16.8. The van der Waals surface area contributed by atoms with Crippen LogP contribution >= 0.6 is 0 Å². The van der Waals surface area contributed by atoms with Gasteiger partial charge in [-0.2, -0.15) is 13.2 Å². The predicted molar refractivity (Wildman–Crippen MR) is 109 cm³/mol. The Morgan fingerprint density at radius 2 is 1.87 bits per heavy atom. The van der Waals surface area contributed by atoms with E-state index in [2.05, 4.69) is 10.6 Å². The van der Waals surface area contributed by atoms with Crippen LogP contribution in [0.15, 0.2) is 48.5 Å². The molecule has 2 amide bonds. The lowest BCUT2D eigenvalue weighted by Crippen LogP contribution is -2.46. The third-order valence-corrected chi connectivity index (χ3v) is 6.17. The summed E-state index contributed by atoms with van der Waals surface area (Å²) < 4.78 is 45.2. The van der Waals surface area contributed by atoms with E-state index < -0.39 is 23.1 Å². The SMILES string of the molecule is O=C1C[C@H](C(=O)NCC2(c3cccc(C(F)(F)F)c3)CCOCC2)c2ccccc2N1. The highest BCUT2D eigenvalue weighted by Crippen LogP contribution is 2.38. The molecule has 2 aromatic rings. The lowest BCUT2D eigenvalue weighted by molar-refractivity contribution is -0.137. The van der Waals surface area contributed by atoms with E-state index in [0.29, 0.717) is 37.3 Å². The molecule has 2 N–H and O–H groups in total. The monoisotopic (exact) mass is 432 g/mol. The molecule has 0 aliphatic carbocycles. The molecule has 1 fully saturated rings. The molecule has 4 rings (SSSR count). The molecule has 1 atom stereocenters. The van der Waals surface area contributed by atoms with Crippen LogP contribution in [-0.4, -0.2) is 31.6 Å². The van der Waals surface area contributed by atoms with Crippen LogP contribution in [0.4, 0.5) is 18.9 Å². The molecule has 1 saturated heterocycles. The zero-order valence-corrected chi connectivity index (χ0v) is 16.8. The minimum Gasteiger partial charge on any atom is -0.381 e. The second-order valence-electron chi connectivity index (χ2n) is 8.08. The average molecular weight is 432 g/mol. The Morgan fingerprint density at radius 3 is 2.61 bits per heavy atom. The van der Waals surface area contributed by atoms with Crippen LogP contribution in [0, 0.1) is 0 Å². The van der Waals surface area contributed by atoms with E-state index in [9.17, 15) is 22.8 Å². The van der Waals surface area contributed by atoms with Gasteiger partial charge in [0.2, 0.25) is 11.8 Å². The fourth-order valence-electron chi connectivity index (χ4n) is 4.38. The minimum atomic E-state index is -4.44. The molecule has 0 aromatic heterocycles. The van der Waals surface area contributed by atoms with Crippen LogP contribution < -0.4 is 10.6 Å². The fraction of sp³-hybridized carbons (Fsp3) is 0.391. The van der Waals surface area contributed by atoms with Gasteiger partial charge in [0, 0.05) is 37.3 Å². The Kier molecular flexibility index (Phi) is 5.75. The standard InChI is InChI=1S/C23H23F3N2O3/c24-23(25,26)16-5-3-4-15(12-16)22(8-10-31-11-9-22)14-27-21(30)18-13-20(29)28-19-7-2-1-6-17(18)19/h1-7,12,18H,8-11,13-14H2,(H,27,30)(H,28,29)/t18-/m0/s1. The number of carbonyl (C=O) groups excluding carboxylic acids is 2. The summed E-state index contributed by atoms with van der Waals surface area (Å²) in [6, 6.07) is 12.4. The number of anilines is 1. The number of hydrogen-bond acceptors (Lipinski definition) is 3. The number of amides is 2. The lowest BCUT2D eigenvalue weighted by Gasteiger charge is -2.38. The van der Waals surface area contributed by atoms with Crippen molar-refractivity contribution >= 4 is 17.5 Å². The van der Waals surface area contributed by atoms with Gasteiger partial charge in [-0.05, 0) is 36.1 Å². The van der Waals surface area contributed by atoms with E-state index in [1.54, 1.807) is 30.3 Å². The van der Waals surface area contributed by atoms with Crippen LogP contribution in [0.25, 0.3) is 0 Å². The van der Waals surface area contributed by atoms with Crippen molar-refractivity contribution < 1.29 is 27.5 Å². The number of fused-ring (bicyclic) bond motifs is 1. The van der Waals surface area contributed by atoms with Crippen molar-refractivity contribution in [1.82, 2.24) is 5.32 Å². The Bertz CT molecular complexity index is 984. The van der Waals surface area contributed by atoms with Crippen molar-refractivity contribution in [2.45, 2.75) is 36.8 Å². The smallest absolute Gasteiger partial charge is 0.381 e. The maximum Gasteiger partial charge on any atom is 0.416 e. The first-order chi connectivity index (χ1) is 14.8. The van der Waals surface area contributed by atoms with Gasteiger partial charge in [0.15, 0.2) is 0 Å². The summed E-state index contributed by atoms with van der Waals surface area (Å²) in [7, 11) is 0. The number of ether oxygens (including phenoxy) is 1. The molecule has 0 bridgehead atoms. The minimum absolute atomic E-state index is 0.0303. The highest BCUT2D eigenvalue weighted by atomic mass is 19.4. The molecule has 0 radical (unpaired) electrons. The van der Waals surface area contributed by atoms with Crippen molar-refractivity contribution in [3.8, 4) is 0 Å². The fourth-order valence-corrected chi connectivity index (χ4v) is 4.38. The second-order valence-corrected chi connectivity index (χ2v) is 8.08. The quantitative estimate of drug-likeness (QED) is 0.768. The van der Waals surface area contributed by atoms with Crippen molar-refractivity contribution in [3.63, 3.8) is 0 Å². The van der Waals surface area contributed by atoms with Gasteiger partial charge in [0.1, 0.15) is 0 Å². The summed E-state index contributed by atoms with van der Waals surface area (Å²) >= 11 is 0. The van der Waals surface area contributed by atoms with Gasteiger partial charge in [-0.15, -0.1) is 0 Å². The first kappa shape index (κ1) is 21.4. The van der Waals surface area contributed by atoms with Crippen LogP contribution in [0.2, 0.25) is 0 Å². The van der Waals surface area contributed by atoms with E-state index in [1.165, 1.54) is 12.1 Å². The number of nitrogens with one attached hydrogen (secondary N) is 2. The zero-order chi connectivity index (χ0) is 22.1. The Balaban J connectivity index is 1.57. The summed E-state index contributed by atoms with van der Waals surface area (Å²) in [6.07, 6.45) is -3.42. The Morgan fingerprint density at radius 1 is 1.13 bits per heavy atom. The molecule has 164 valence electrons. The van der Waals surface area contributed by atoms with Crippen LogP contribution in [0.5, 0.6) is 0 Å². The third-order valence-electron chi connectivity index (χ3n) is 6.17. The van der Waals surface area contributed by atoms with E-state index >= 15 is 0 Å². The van der Waals surface area contributed by atoms with Crippen molar-refractivity contribution in [3.05, 3.63) is 65.2 Å². The van der Waals surface area contributed by atoms with Gasteiger partial charge in [0.25, 0.3) is 0 Å². The van der Waals surface area contributed by atoms with Gasteiger partial charge < -0.3 is 15.4 Å². The van der Waals surface area contributed by atoms with Crippen LogP contribution in [0.3, 0.4) is 0 Å². The van der Waals surface area contributed by atoms with E-state index in [4.69, 9.17) is 4.74 Å². The third kappa shape index (κ3) is 4.44. The van der Waals surface area contributed by atoms with Gasteiger partial charge in [-0.1, -0.05) is 36.4 Å². The van der Waals surface area contributed by atoms with Gasteiger partial charge >= 0.3 is 6.18 Å². The van der Waals surface area contributed by atoms with E-state index in [-0.39, 0.29) is 24.8 Å². The summed E-state index contributed by atoms with van der Waals surface area (Å²) in [6.45, 7) is 0.984. The molecule has 0 saturated carbocycles. The van der Waals surface area contributed by atoms with E-state index in [0.717, 1.165) is 11.6 Å². The molecule has 0 unspecified atom stereocenters. The molecule has 5 nitrogen and oxygen atoms in total. The summed E-state index contributed by atoms with van der Waals surface area (Å²) in [4.78, 5) is 25.1. The molecule has 2 aromatic carbocycles. The maximum absolute atomic E-state index is 13.3. The molecule has 2 aliphatic rings. The van der Waals surface area contributed by atoms with Crippen molar-refractivity contribution in [1.29, 1.82) is 0 Å². The summed E-state index contributed by atoms with van der Waals surface area (Å²) in [5, 5.41) is 5.69. The lowest BCUT2D eigenvalue weighted by atomic mass is 9.73. The Hall–Kier alpha value is -2.87. The summed E-state index contributed by atoms with van der Waals surface area (Å²) in [5.74, 6) is -1.18. The summed E-state index contributed by atoms with van der Waals surface area (Å²) in [5.41, 5.74) is 0.510. The topological polar surface area (TPSA) is 67.4 Å². The van der Waals surface area contributed by atoms with Crippen molar-refractivity contribution in [2.24, 2.45) is 0 Å². The highest BCUT2D eigenvalue weighted by molar-refractivity contribution is 6.01. The molecular formula is C23H23F3N2O3. The maximum atomic E-state index is 13.3. The van der Waals surface area contributed by atoms with E-state index in [1.807, 2.05) is 0 Å². The number of alkyl halides is 3. The van der Waals surface area contributed by atoms with Gasteiger partial charge in [-0.25, -0.2) is 0 Å². The average Bonchev–Trinajstić information content (AvgIpc) is 2.77. The normalized spacial score (nSPS) is 20.5. The second kappa shape index (κ2) is 8.34. The largest absolute Gasteiger partial charge is 0.416 e. The molecule has 2 heterocycles. The molecular weight excluding hydrogens is 409 g/mol. The molecule has 31 heavy (non-hydrogen) atoms. The number of rotatable bonds is 4. The first-order valence-corrected chi connectivity index (χ1v) is 10.2. The first-order valence-electron chi connectivity index (χ1n) is 10.2. The van der Waals surface area contributed by atoms with Gasteiger partial charge in [-0.3, -0.25) is 9.59 Å². The number of carbonyl (C=O) groups is 2. The predicted octanol–water partition coefficient (Wildman–Crippen LogP) is 4.00. The number of para-hydroxylation sites is 1. The molecule has 8 heteroatoms. The Labute approximate surface area is 178 Å². The van der Waals surface area contributed by atoms with Crippen molar-refractivity contribution in [2.75, 3.05) is 25.1 Å². The van der Waals surface area contributed by atoms with Crippen LogP contribution in [-0.2, 0) is 25.9 Å². The molecule has 2 aliphatic heterocycles. The highest BCUT2D eigenvalue weighted by Gasteiger charge is 2.39. The number of halogens is 3. The van der Waals surface area contributed by atoms with Gasteiger partial charge in [0.05, 0.1) is 11.5 Å². The van der Waals surface area contributed by atoms with Crippen LogP contribution in [0.1, 0.15) is 41.9 Å². The number of benzene rings is 2. The number of hydrogen-bond donors (Lipinski definition) is 2.